The van der Waals surface area contributed by atoms with Gasteiger partial charge in [0.05, 0.1) is 17.9 Å². The Hall–Kier alpha value is -2.58. The van der Waals surface area contributed by atoms with Crippen LogP contribution in [0.4, 0.5) is 19.3 Å². The van der Waals surface area contributed by atoms with Crippen molar-refractivity contribution in [3.05, 3.63) is 36.2 Å². The molecule has 1 saturated heterocycles. The van der Waals surface area contributed by atoms with Crippen molar-refractivity contribution in [2.24, 2.45) is 0 Å². The van der Waals surface area contributed by atoms with Crippen molar-refractivity contribution in [2.45, 2.75) is 25.8 Å². The summed E-state index contributed by atoms with van der Waals surface area (Å²) in [6, 6.07) is 1.32. The van der Waals surface area contributed by atoms with Crippen LogP contribution in [-0.2, 0) is 0 Å². The number of alkyl halides is 2. The van der Waals surface area contributed by atoms with E-state index >= 15 is 0 Å². The van der Waals surface area contributed by atoms with Gasteiger partial charge in [-0.1, -0.05) is 0 Å². The summed E-state index contributed by atoms with van der Waals surface area (Å²) in [7, 11) is 0. The molecule has 0 saturated carbocycles. The molecule has 1 fully saturated rings. The fraction of sp³-hybridized carbons (Fsp3) is 0.429. The second-order valence-electron chi connectivity index (χ2n) is 5.42. The molecule has 9 heteroatoms. The summed E-state index contributed by atoms with van der Waals surface area (Å²) in [5.41, 5.74) is 0.483. The average Bonchev–Trinajstić information content (AvgIpc) is 3.18. The summed E-state index contributed by atoms with van der Waals surface area (Å²) in [5.74, 6) is 0. The van der Waals surface area contributed by atoms with Crippen molar-refractivity contribution in [1.82, 2.24) is 24.6 Å². The molecule has 3 heterocycles. The maximum absolute atomic E-state index is 12.7. The number of urea groups is 1. The van der Waals surface area contributed by atoms with E-state index < -0.39 is 6.43 Å². The SMILES string of the molecule is Cc1cc(NC(=O)N2CCC(n3cncn3)C2)cnc1C(F)F. The van der Waals surface area contributed by atoms with E-state index in [2.05, 4.69) is 20.4 Å². The fourth-order valence-electron chi connectivity index (χ4n) is 2.63. The van der Waals surface area contributed by atoms with Gasteiger partial charge in [0.15, 0.2) is 0 Å². The second kappa shape index (κ2) is 6.27. The third kappa shape index (κ3) is 3.27. The number of carbonyl (C=O) groups is 1. The summed E-state index contributed by atoms with van der Waals surface area (Å²) in [4.78, 5) is 21.5. The molecule has 2 aromatic heterocycles. The topological polar surface area (TPSA) is 75.9 Å². The van der Waals surface area contributed by atoms with Gasteiger partial charge in [-0.05, 0) is 25.0 Å². The Morgan fingerprint density at radius 1 is 1.48 bits per heavy atom. The predicted molar refractivity (Wildman–Crippen MR) is 78.2 cm³/mol. The van der Waals surface area contributed by atoms with Crippen molar-refractivity contribution in [3.8, 4) is 0 Å². The lowest BCUT2D eigenvalue weighted by molar-refractivity contribution is 0.145. The third-order valence-electron chi connectivity index (χ3n) is 3.84. The van der Waals surface area contributed by atoms with Crippen LogP contribution in [0.3, 0.4) is 0 Å². The van der Waals surface area contributed by atoms with Crippen LogP contribution in [0.5, 0.6) is 0 Å². The van der Waals surface area contributed by atoms with Gasteiger partial charge in [0.1, 0.15) is 18.3 Å². The number of likely N-dealkylation sites (tertiary alicyclic amines) is 1. The van der Waals surface area contributed by atoms with Gasteiger partial charge in [0.25, 0.3) is 6.43 Å². The van der Waals surface area contributed by atoms with Gasteiger partial charge in [0.2, 0.25) is 0 Å². The molecule has 0 spiro atoms. The lowest BCUT2D eigenvalue weighted by Crippen LogP contribution is -2.33. The van der Waals surface area contributed by atoms with Gasteiger partial charge in [-0.25, -0.2) is 23.2 Å². The van der Waals surface area contributed by atoms with E-state index in [0.717, 1.165) is 6.42 Å². The van der Waals surface area contributed by atoms with E-state index in [-0.39, 0.29) is 17.8 Å². The zero-order chi connectivity index (χ0) is 16.4. The largest absolute Gasteiger partial charge is 0.322 e. The van der Waals surface area contributed by atoms with Gasteiger partial charge in [-0.2, -0.15) is 5.10 Å². The molecule has 1 aliphatic rings. The van der Waals surface area contributed by atoms with Crippen molar-refractivity contribution in [3.63, 3.8) is 0 Å². The Labute approximate surface area is 131 Å². The first-order valence-corrected chi connectivity index (χ1v) is 7.19. The summed E-state index contributed by atoms with van der Waals surface area (Å²) in [5, 5.41) is 6.77. The van der Waals surface area contributed by atoms with Crippen LogP contribution < -0.4 is 5.32 Å². The van der Waals surface area contributed by atoms with Crippen molar-refractivity contribution in [1.29, 1.82) is 0 Å². The van der Waals surface area contributed by atoms with Gasteiger partial charge in [-0.3, -0.25) is 4.98 Å². The smallest absolute Gasteiger partial charge is 0.321 e. The maximum Gasteiger partial charge on any atom is 0.321 e. The molecular weight excluding hydrogens is 306 g/mol. The molecule has 3 rings (SSSR count). The van der Waals surface area contributed by atoms with E-state index in [0.29, 0.717) is 24.3 Å². The number of nitrogens with zero attached hydrogens (tertiary/aromatic N) is 5. The summed E-state index contributed by atoms with van der Waals surface area (Å²) >= 11 is 0. The molecule has 0 radical (unpaired) electrons. The van der Waals surface area contributed by atoms with Crippen LogP contribution in [0.25, 0.3) is 0 Å². The number of anilines is 1. The highest BCUT2D eigenvalue weighted by molar-refractivity contribution is 5.89. The summed E-state index contributed by atoms with van der Waals surface area (Å²) < 4.78 is 27.1. The Kier molecular flexibility index (Phi) is 4.18. The van der Waals surface area contributed by atoms with Gasteiger partial charge < -0.3 is 10.2 Å². The van der Waals surface area contributed by atoms with Gasteiger partial charge in [-0.15, -0.1) is 0 Å². The molecule has 2 amide bonds. The normalized spacial score (nSPS) is 17.7. The molecule has 122 valence electrons. The van der Waals surface area contributed by atoms with Crippen molar-refractivity contribution < 1.29 is 13.6 Å². The Morgan fingerprint density at radius 3 is 2.96 bits per heavy atom. The van der Waals surface area contributed by atoms with Crippen molar-refractivity contribution in [2.75, 3.05) is 18.4 Å². The third-order valence-corrected chi connectivity index (χ3v) is 3.84. The molecule has 0 aliphatic carbocycles. The van der Waals surface area contributed by atoms with Gasteiger partial charge in [0, 0.05) is 13.1 Å². The van der Waals surface area contributed by atoms with Crippen LogP contribution in [0.1, 0.15) is 30.1 Å². The average molecular weight is 322 g/mol. The monoisotopic (exact) mass is 322 g/mol. The number of halogens is 2. The second-order valence-corrected chi connectivity index (χ2v) is 5.42. The van der Waals surface area contributed by atoms with Crippen LogP contribution >= 0.6 is 0 Å². The fourth-order valence-corrected chi connectivity index (χ4v) is 2.63. The molecule has 2 aromatic rings. The highest BCUT2D eigenvalue weighted by Gasteiger charge is 2.28. The molecule has 0 aromatic carbocycles. The lowest BCUT2D eigenvalue weighted by Gasteiger charge is -2.17. The number of rotatable bonds is 3. The maximum atomic E-state index is 12.7. The van der Waals surface area contributed by atoms with Crippen molar-refractivity contribution >= 4 is 11.7 Å². The first kappa shape index (κ1) is 15.3. The zero-order valence-electron chi connectivity index (χ0n) is 12.5. The molecule has 23 heavy (non-hydrogen) atoms. The summed E-state index contributed by atoms with van der Waals surface area (Å²) in [6.45, 7) is 2.66. The molecule has 1 atom stereocenters. The lowest BCUT2D eigenvalue weighted by atomic mass is 10.2. The van der Waals surface area contributed by atoms with E-state index in [1.54, 1.807) is 22.8 Å². The highest BCUT2D eigenvalue weighted by Crippen LogP contribution is 2.24. The molecule has 7 nitrogen and oxygen atoms in total. The van der Waals surface area contributed by atoms with Crippen LogP contribution in [0, 0.1) is 6.92 Å². The number of aromatic nitrogens is 4. The van der Waals surface area contributed by atoms with Crippen LogP contribution in [0.2, 0.25) is 0 Å². The van der Waals surface area contributed by atoms with Crippen LogP contribution in [0.15, 0.2) is 24.9 Å². The van der Waals surface area contributed by atoms with E-state index in [4.69, 9.17) is 0 Å². The number of aryl methyl sites for hydroxylation is 1. The first-order chi connectivity index (χ1) is 11.0. The molecule has 1 N–H and O–H groups in total. The van der Waals surface area contributed by atoms with E-state index in [9.17, 15) is 13.6 Å². The Morgan fingerprint density at radius 2 is 2.30 bits per heavy atom. The Balaban J connectivity index is 1.63. The quantitative estimate of drug-likeness (QED) is 0.941. The van der Waals surface area contributed by atoms with Gasteiger partial charge >= 0.3 is 6.03 Å². The van der Waals surface area contributed by atoms with Crippen LogP contribution in [-0.4, -0.2) is 43.8 Å². The number of pyridine rings is 1. The number of nitrogens with one attached hydrogen (secondary N) is 1. The number of carbonyl (C=O) groups excluding carboxylic acids is 1. The predicted octanol–water partition coefficient (Wildman–Crippen LogP) is 2.40. The molecule has 1 unspecified atom stereocenters. The Bertz CT molecular complexity index is 691. The molecule has 0 bridgehead atoms. The first-order valence-electron chi connectivity index (χ1n) is 7.19. The van der Waals surface area contributed by atoms with E-state index in [1.807, 2.05) is 0 Å². The highest BCUT2D eigenvalue weighted by atomic mass is 19.3. The standard InChI is InChI=1S/C14H16F2N6O/c1-9-4-10(5-18-12(9)13(15)16)20-14(23)21-3-2-11(6-21)22-8-17-7-19-22/h4-5,7-8,11,13H,2-3,6H2,1H3,(H,20,23). The molecule has 1 aliphatic heterocycles. The minimum Gasteiger partial charge on any atom is -0.322 e. The minimum atomic E-state index is -2.62. The summed E-state index contributed by atoms with van der Waals surface area (Å²) in [6.07, 6.45) is 2.50. The number of hydrogen-bond acceptors (Lipinski definition) is 4. The van der Waals surface area contributed by atoms with E-state index in [1.165, 1.54) is 18.6 Å². The zero-order valence-corrected chi connectivity index (χ0v) is 12.5. The molecular formula is C14H16F2N6O. The number of amides is 2. The number of hydrogen-bond donors (Lipinski definition) is 1. The minimum absolute atomic E-state index is 0.101.